The van der Waals surface area contributed by atoms with Crippen molar-refractivity contribution in [3.8, 4) is 0 Å². The Hall–Kier alpha value is -0.220. The molecule has 2 N–H and O–H groups in total. The van der Waals surface area contributed by atoms with Crippen LogP contribution in [0.25, 0.3) is 0 Å². The van der Waals surface area contributed by atoms with Crippen LogP contribution in [0.2, 0.25) is 0 Å². The molecule has 0 aromatic carbocycles. The van der Waals surface area contributed by atoms with Crippen molar-refractivity contribution in [2.45, 2.75) is 57.1 Å². The van der Waals surface area contributed by atoms with E-state index in [2.05, 4.69) is 5.32 Å². The third kappa shape index (κ3) is 4.74. The number of rotatable bonds is 5. The Kier molecular flexibility index (Phi) is 5.62. The van der Waals surface area contributed by atoms with E-state index in [-0.39, 0.29) is 18.4 Å². The number of thioether (sulfide) groups is 1. The van der Waals surface area contributed by atoms with Gasteiger partial charge in [0.1, 0.15) is 0 Å². The maximum atomic E-state index is 11.7. The number of hydrogen-bond donors (Lipinski definition) is 2. The zero-order valence-corrected chi connectivity index (χ0v) is 11.1. The molecular formula is C12H23NO2S. The summed E-state index contributed by atoms with van der Waals surface area (Å²) in [5, 5.41) is 13.2. The second-order valence-corrected chi connectivity index (χ2v) is 5.80. The molecule has 0 aliphatic heterocycles. The van der Waals surface area contributed by atoms with E-state index in [0.29, 0.717) is 0 Å². The summed E-state index contributed by atoms with van der Waals surface area (Å²) in [5.74, 6) is 0.912. The van der Waals surface area contributed by atoms with Gasteiger partial charge < -0.3 is 10.4 Å². The normalized spacial score (nSPS) is 21.4. The van der Waals surface area contributed by atoms with E-state index in [4.69, 9.17) is 0 Å². The Morgan fingerprint density at radius 3 is 2.62 bits per heavy atom. The van der Waals surface area contributed by atoms with Crippen LogP contribution in [0.1, 0.15) is 45.4 Å². The van der Waals surface area contributed by atoms with Gasteiger partial charge in [-0.3, -0.25) is 4.79 Å². The van der Waals surface area contributed by atoms with E-state index >= 15 is 0 Å². The molecule has 1 saturated carbocycles. The predicted octanol–water partition coefficient (Wildman–Crippen LogP) is 1.94. The van der Waals surface area contributed by atoms with Crippen LogP contribution in [0.5, 0.6) is 0 Å². The molecule has 94 valence electrons. The topological polar surface area (TPSA) is 49.3 Å². The van der Waals surface area contributed by atoms with Gasteiger partial charge in [-0.1, -0.05) is 19.3 Å². The Morgan fingerprint density at radius 1 is 1.44 bits per heavy atom. The van der Waals surface area contributed by atoms with Crippen LogP contribution in [-0.4, -0.2) is 34.7 Å². The molecule has 0 radical (unpaired) electrons. The summed E-state index contributed by atoms with van der Waals surface area (Å²) in [6.45, 7) is 2.00. The number of hydrogen-bond acceptors (Lipinski definition) is 3. The average Bonchev–Trinajstić information content (AvgIpc) is 2.17. The van der Waals surface area contributed by atoms with Crippen molar-refractivity contribution in [2.24, 2.45) is 0 Å². The summed E-state index contributed by atoms with van der Waals surface area (Å²) >= 11 is 1.72. The van der Waals surface area contributed by atoms with Gasteiger partial charge in [-0.2, -0.15) is 11.8 Å². The fourth-order valence-electron chi connectivity index (χ4n) is 2.30. The van der Waals surface area contributed by atoms with E-state index in [1.807, 2.05) is 13.2 Å². The predicted molar refractivity (Wildman–Crippen MR) is 68.6 cm³/mol. The van der Waals surface area contributed by atoms with E-state index in [1.54, 1.807) is 11.8 Å². The average molecular weight is 245 g/mol. The van der Waals surface area contributed by atoms with Gasteiger partial charge >= 0.3 is 0 Å². The van der Waals surface area contributed by atoms with Crippen LogP contribution >= 0.6 is 11.8 Å². The standard InChI is InChI=1S/C12H23NO2S/c1-10(9-16-2)13-11(14)8-12(15)6-4-3-5-7-12/h10,15H,3-9H2,1-2H3,(H,13,14). The second-order valence-electron chi connectivity index (χ2n) is 4.89. The lowest BCUT2D eigenvalue weighted by Gasteiger charge is -2.31. The summed E-state index contributed by atoms with van der Waals surface area (Å²) in [4.78, 5) is 11.7. The quantitative estimate of drug-likeness (QED) is 0.778. The summed E-state index contributed by atoms with van der Waals surface area (Å²) in [6.07, 6.45) is 7.12. The molecular weight excluding hydrogens is 222 g/mol. The van der Waals surface area contributed by atoms with Gasteiger partial charge in [-0.15, -0.1) is 0 Å². The van der Waals surface area contributed by atoms with E-state index in [1.165, 1.54) is 6.42 Å². The third-order valence-corrected chi connectivity index (χ3v) is 3.93. The first-order valence-corrected chi connectivity index (χ1v) is 7.46. The minimum Gasteiger partial charge on any atom is -0.389 e. The maximum Gasteiger partial charge on any atom is 0.223 e. The molecule has 3 nitrogen and oxygen atoms in total. The fourth-order valence-corrected chi connectivity index (χ4v) is 2.89. The summed E-state index contributed by atoms with van der Waals surface area (Å²) in [5.41, 5.74) is -0.735. The second kappa shape index (κ2) is 6.50. The first-order valence-electron chi connectivity index (χ1n) is 6.06. The molecule has 1 unspecified atom stereocenters. The van der Waals surface area contributed by atoms with Gasteiger partial charge in [0.2, 0.25) is 5.91 Å². The van der Waals surface area contributed by atoms with Crippen LogP contribution in [0.3, 0.4) is 0 Å². The van der Waals surface area contributed by atoms with Gasteiger partial charge in [0, 0.05) is 11.8 Å². The number of nitrogens with one attached hydrogen (secondary N) is 1. The van der Waals surface area contributed by atoms with Crippen molar-refractivity contribution >= 4 is 17.7 Å². The minimum absolute atomic E-state index is 0.00838. The molecule has 0 aromatic heterocycles. The molecule has 1 aliphatic rings. The van der Waals surface area contributed by atoms with Crippen LogP contribution in [0.4, 0.5) is 0 Å². The van der Waals surface area contributed by atoms with E-state index in [0.717, 1.165) is 31.4 Å². The SMILES string of the molecule is CSCC(C)NC(=O)CC1(O)CCCCC1. The first kappa shape index (κ1) is 13.8. The van der Waals surface area contributed by atoms with E-state index in [9.17, 15) is 9.90 Å². The highest BCUT2D eigenvalue weighted by molar-refractivity contribution is 7.98. The number of carbonyl (C=O) groups excluding carboxylic acids is 1. The van der Waals surface area contributed by atoms with Crippen molar-refractivity contribution in [3.05, 3.63) is 0 Å². The molecule has 0 heterocycles. The van der Waals surface area contributed by atoms with Crippen LogP contribution < -0.4 is 5.32 Å². The van der Waals surface area contributed by atoms with Crippen LogP contribution in [0, 0.1) is 0 Å². The fraction of sp³-hybridized carbons (Fsp3) is 0.917. The summed E-state index contributed by atoms with van der Waals surface area (Å²) < 4.78 is 0. The molecule has 16 heavy (non-hydrogen) atoms. The van der Waals surface area contributed by atoms with Crippen molar-refractivity contribution in [2.75, 3.05) is 12.0 Å². The maximum absolute atomic E-state index is 11.7. The van der Waals surface area contributed by atoms with Gasteiger partial charge in [-0.25, -0.2) is 0 Å². The molecule has 0 aromatic rings. The van der Waals surface area contributed by atoms with Crippen molar-refractivity contribution in [1.29, 1.82) is 0 Å². The van der Waals surface area contributed by atoms with Gasteiger partial charge in [0.15, 0.2) is 0 Å². The number of aliphatic hydroxyl groups is 1. The monoisotopic (exact) mass is 245 g/mol. The van der Waals surface area contributed by atoms with Crippen molar-refractivity contribution < 1.29 is 9.90 Å². The molecule has 0 spiro atoms. The largest absolute Gasteiger partial charge is 0.389 e. The Labute approximate surface area is 102 Å². The first-order chi connectivity index (χ1) is 7.56. The Morgan fingerprint density at radius 2 is 2.06 bits per heavy atom. The lowest BCUT2D eigenvalue weighted by molar-refractivity contribution is -0.127. The Balaban J connectivity index is 2.32. The van der Waals surface area contributed by atoms with Gasteiger partial charge in [0.05, 0.1) is 12.0 Å². The third-order valence-electron chi connectivity index (χ3n) is 3.10. The van der Waals surface area contributed by atoms with Crippen molar-refractivity contribution in [3.63, 3.8) is 0 Å². The lowest BCUT2D eigenvalue weighted by Crippen LogP contribution is -2.41. The molecule has 1 fully saturated rings. The molecule has 1 amide bonds. The molecule has 0 saturated heterocycles. The van der Waals surface area contributed by atoms with Crippen molar-refractivity contribution in [1.82, 2.24) is 5.32 Å². The highest BCUT2D eigenvalue weighted by atomic mass is 32.2. The van der Waals surface area contributed by atoms with E-state index < -0.39 is 5.60 Å². The highest BCUT2D eigenvalue weighted by Crippen LogP contribution is 2.30. The lowest BCUT2D eigenvalue weighted by atomic mass is 9.82. The highest BCUT2D eigenvalue weighted by Gasteiger charge is 2.31. The molecule has 1 atom stereocenters. The zero-order chi connectivity index (χ0) is 12.0. The number of carbonyl (C=O) groups is 1. The van der Waals surface area contributed by atoms with Crippen LogP contribution in [0.15, 0.2) is 0 Å². The minimum atomic E-state index is -0.735. The molecule has 0 bridgehead atoms. The van der Waals surface area contributed by atoms with Crippen LogP contribution in [-0.2, 0) is 4.79 Å². The van der Waals surface area contributed by atoms with Gasteiger partial charge in [-0.05, 0) is 26.0 Å². The zero-order valence-electron chi connectivity index (χ0n) is 10.3. The molecule has 4 heteroatoms. The summed E-state index contributed by atoms with van der Waals surface area (Å²) in [6, 6.07) is 0.190. The molecule has 1 rings (SSSR count). The van der Waals surface area contributed by atoms with Gasteiger partial charge in [0.25, 0.3) is 0 Å². The molecule has 1 aliphatic carbocycles. The Bertz CT molecular complexity index is 227. The summed E-state index contributed by atoms with van der Waals surface area (Å²) in [7, 11) is 0. The smallest absolute Gasteiger partial charge is 0.223 e. The number of amides is 1.